The first-order valence-electron chi connectivity index (χ1n) is 5.66. The summed E-state index contributed by atoms with van der Waals surface area (Å²) in [7, 11) is 3.13. The summed E-state index contributed by atoms with van der Waals surface area (Å²) >= 11 is 6.15. The zero-order valence-corrected chi connectivity index (χ0v) is 11.5. The second-order valence-corrected chi connectivity index (χ2v) is 4.23. The monoisotopic (exact) mass is 270 g/mol. The quantitative estimate of drug-likeness (QED) is 0.454. The van der Waals surface area contributed by atoms with Gasteiger partial charge in [-0.15, -0.1) is 6.58 Å². The third kappa shape index (κ3) is 3.38. The highest BCUT2D eigenvalue weighted by Gasteiger charge is 2.16. The molecule has 0 heterocycles. The molecule has 100 valence electrons. The van der Waals surface area contributed by atoms with Gasteiger partial charge < -0.3 is 9.47 Å². The standard InChI is InChI=1S/C13H19ClN2O2/c1-4-5-6-11(16-15)9-7-10(14)13(18-3)12(8-9)17-2/h4,7-8,11,16H,1,5-6,15H2,2-3H3. The van der Waals surface area contributed by atoms with Crippen molar-refractivity contribution in [1.29, 1.82) is 0 Å². The minimum absolute atomic E-state index is 0.000283. The first-order valence-corrected chi connectivity index (χ1v) is 6.04. The summed E-state index contributed by atoms with van der Waals surface area (Å²) in [5, 5.41) is 0.505. The minimum Gasteiger partial charge on any atom is -0.493 e. The van der Waals surface area contributed by atoms with Gasteiger partial charge in [-0.1, -0.05) is 17.7 Å². The number of rotatable bonds is 7. The van der Waals surface area contributed by atoms with E-state index in [0.717, 1.165) is 18.4 Å². The lowest BCUT2D eigenvalue weighted by Gasteiger charge is -2.18. The lowest BCUT2D eigenvalue weighted by Crippen LogP contribution is -2.27. The van der Waals surface area contributed by atoms with Crippen molar-refractivity contribution < 1.29 is 9.47 Å². The van der Waals surface area contributed by atoms with Crippen LogP contribution in [0.15, 0.2) is 24.8 Å². The van der Waals surface area contributed by atoms with Crippen LogP contribution in [0.2, 0.25) is 5.02 Å². The summed E-state index contributed by atoms with van der Waals surface area (Å²) in [5.74, 6) is 6.68. The van der Waals surface area contributed by atoms with Gasteiger partial charge in [-0.3, -0.25) is 11.3 Å². The molecule has 0 fully saturated rings. The SMILES string of the molecule is C=CCCC(NN)c1cc(Cl)c(OC)c(OC)c1. The highest BCUT2D eigenvalue weighted by Crippen LogP contribution is 2.38. The van der Waals surface area contributed by atoms with Crippen LogP contribution < -0.4 is 20.7 Å². The van der Waals surface area contributed by atoms with E-state index < -0.39 is 0 Å². The summed E-state index contributed by atoms with van der Waals surface area (Å²) in [4.78, 5) is 0. The third-order valence-electron chi connectivity index (χ3n) is 2.72. The lowest BCUT2D eigenvalue weighted by molar-refractivity contribution is 0.354. The van der Waals surface area contributed by atoms with Gasteiger partial charge in [0.2, 0.25) is 0 Å². The van der Waals surface area contributed by atoms with Crippen molar-refractivity contribution in [1.82, 2.24) is 5.43 Å². The topological polar surface area (TPSA) is 56.5 Å². The van der Waals surface area contributed by atoms with E-state index in [4.69, 9.17) is 26.9 Å². The second-order valence-electron chi connectivity index (χ2n) is 3.82. The van der Waals surface area contributed by atoms with Crippen LogP contribution in [0.25, 0.3) is 0 Å². The van der Waals surface area contributed by atoms with Gasteiger partial charge in [0, 0.05) is 6.04 Å². The van der Waals surface area contributed by atoms with Crippen molar-refractivity contribution in [2.24, 2.45) is 5.84 Å². The van der Waals surface area contributed by atoms with Crippen molar-refractivity contribution in [2.75, 3.05) is 14.2 Å². The van der Waals surface area contributed by atoms with E-state index in [0.29, 0.717) is 16.5 Å². The molecule has 18 heavy (non-hydrogen) atoms. The molecule has 1 aromatic rings. The molecule has 1 atom stereocenters. The minimum atomic E-state index is 0.000283. The maximum atomic E-state index is 6.15. The largest absolute Gasteiger partial charge is 0.493 e. The van der Waals surface area contributed by atoms with Crippen LogP contribution in [0.5, 0.6) is 11.5 Å². The fraction of sp³-hybridized carbons (Fsp3) is 0.385. The average Bonchev–Trinajstić information content (AvgIpc) is 2.38. The van der Waals surface area contributed by atoms with Crippen LogP contribution in [0.4, 0.5) is 0 Å². The smallest absolute Gasteiger partial charge is 0.179 e. The molecule has 4 nitrogen and oxygen atoms in total. The Morgan fingerprint density at radius 1 is 1.44 bits per heavy atom. The molecule has 0 aliphatic rings. The Kier molecular flexibility index (Phi) is 5.98. The Bertz CT molecular complexity index is 410. The molecule has 0 saturated heterocycles. The number of ether oxygens (including phenoxy) is 2. The maximum Gasteiger partial charge on any atom is 0.179 e. The fourth-order valence-corrected chi connectivity index (χ4v) is 2.07. The van der Waals surface area contributed by atoms with Crippen LogP contribution in [0, 0.1) is 0 Å². The average molecular weight is 271 g/mol. The van der Waals surface area contributed by atoms with Crippen molar-refractivity contribution >= 4 is 11.6 Å². The number of hydrogen-bond donors (Lipinski definition) is 2. The molecule has 1 aromatic carbocycles. The highest BCUT2D eigenvalue weighted by atomic mass is 35.5. The molecule has 3 N–H and O–H groups in total. The van der Waals surface area contributed by atoms with Crippen LogP contribution in [0.3, 0.4) is 0 Å². The predicted octanol–water partition coefficient (Wildman–Crippen LogP) is 2.83. The number of hydrazine groups is 1. The third-order valence-corrected chi connectivity index (χ3v) is 3.00. The molecule has 0 aliphatic carbocycles. The van der Waals surface area contributed by atoms with Gasteiger partial charge in [-0.05, 0) is 30.5 Å². The number of hydrogen-bond acceptors (Lipinski definition) is 4. The van der Waals surface area contributed by atoms with Crippen molar-refractivity contribution in [3.05, 3.63) is 35.4 Å². The molecule has 0 amide bonds. The van der Waals surface area contributed by atoms with Gasteiger partial charge in [-0.25, -0.2) is 0 Å². The maximum absolute atomic E-state index is 6.15. The number of nitrogens with one attached hydrogen (secondary N) is 1. The number of halogens is 1. The number of nitrogens with two attached hydrogens (primary N) is 1. The van der Waals surface area contributed by atoms with Crippen molar-refractivity contribution in [2.45, 2.75) is 18.9 Å². The van der Waals surface area contributed by atoms with Crippen LogP contribution in [-0.2, 0) is 0 Å². The number of allylic oxidation sites excluding steroid dienone is 1. The van der Waals surface area contributed by atoms with E-state index in [1.165, 1.54) is 0 Å². The molecule has 0 spiro atoms. The molecule has 5 heteroatoms. The fourth-order valence-electron chi connectivity index (χ4n) is 1.77. The van der Waals surface area contributed by atoms with Crippen molar-refractivity contribution in [3.63, 3.8) is 0 Å². The van der Waals surface area contributed by atoms with Gasteiger partial charge in [0.1, 0.15) is 0 Å². The molecular formula is C13H19ClN2O2. The van der Waals surface area contributed by atoms with Gasteiger partial charge >= 0.3 is 0 Å². The summed E-state index contributed by atoms with van der Waals surface area (Å²) in [6, 6.07) is 3.70. The van der Waals surface area contributed by atoms with E-state index in [-0.39, 0.29) is 6.04 Å². The number of benzene rings is 1. The molecule has 0 aliphatic heterocycles. The Balaban J connectivity index is 3.08. The van der Waals surface area contributed by atoms with Gasteiger partial charge in [-0.2, -0.15) is 0 Å². The summed E-state index contributed by atoms with van der Waals surface area (Å²) < 4.78 is 10.5. The predicted molar refractivity (Wildman–Crippen MR) is 74.1 cm³/mol. The van der Waals surface area contributed by atoms with E-state index in [9.17, 15) is 0 Å². The molecule has 1 unspecified atom stereocenters. The van der Waals surface area contributed by atoms with E-state index in [1.807, 2.05) is 18.2 Å². The normalized spacial score (nSPS) is 12.0. The number of methoxy groups -OCH3 is 2. The van der Waals surface area contributed by atoms with Crippen LogP contribution in [0.1, 0.15) is 24.4 Å². The Labute approximate surface area is 113 Å². The van der Waals surface area contributed by atoms with Crippen LogP contribution >= 0.6 is 11.6 Å². The van der Waals surface area contributed by atoms with Gasteiger partial charge in [0.05, 0.1) is 19.2 Å². The lowest BCUT2D eigenvalue weighted by atomic mass is 10.0. The molecule has 1 rings (SSSR count). The first kappa shape index (κ1) is 14.8. The zero-order valence-electron chi connectivity index (χ0n) is 10.7. The second kappa shape index (κ2) is 7.26. The van der Waals surface area contributed by atoms with Gasteiger partial charge in [0.15, 0.2) is 11.5 Å². The summed E-state index contributed by atoms with van der Waals surface area (Å²) in [5.41, 5.74) is 3.73. The van der Waals surface area contributed by atoms with Gasteiger partial charge in [0.25, 0.3) is 0 Å². The first-order chi connectivity index (χ1) is 8.67. The zero-order chi connectivity index (χ0) is 13.5. The Hall–Kier alpha value is -1.23. The van der Waals surface area contributed by atoms with Crippen LogP contribution in [-0.4, -0.2) is 14.2 Å². The van der Waals surface area contributed by atoms with E-state index >= 15 is 0 Å². The van der Waals surface area contributed by atoms with Crippen molar-refractivity contribution in [3.8, 4) is 11.5 Å². The van der Waals surface area contributed by atoms with E-state index in [2.05, 4.69) is 12.0 Å². The Morgan fingerprint density at radius 3 is 2.67 bits per heavy atom. The molecule has 0 saturated carbocycles. The molecular weight excluding hydrogens is 252 g/mol. The molecule has 0 radical (unpaired) electrons. The Morgan fingerprint density at radius 2 is 2.17 bits per heavy atom. The summed E-state index contributed by atoms with van der Waals surface area (Å²) in [6.07, 6.45) is 3.55. The summed E-state index contributed by atoms with van der Waals surface area (Å²) in [6.45, 7) is 3.70. The molecule has 0 bridgehead atoms. The highest BCUT2D eigenvalue weighted by molar-refractivity contribution is 6.32. The van der Waals surface area contributed by atoms with E-state index in [1.54, 1.807) is 14.2 Å². The molecule has 0 aromatic heterocycles.